The first-order valence-electron chi connectivity index (χ1n) is 8.07. The molecule has 7 heteroatoms. The number of hydrogen-bond donors (Lipinski definition) is 3. The lowest BCUT2D eigenvalue weighted by atomic mass is 10.0. The highest BCUT2D eigenvalue weighted by Gasteiger charge is 2.45. The Morgan fingerprint density at radius 3 is 2.96 bits per heavy atom. The average molecular weight is 330 g/mol. The quantitative estimate of drug-likeness (QED) is 0.737. The average Bonchev–Trinajstić information content (AvgIpc) is 3.12. The molecule has 2 heterocycles. The third kappa shape index (κ3) is 2.60. The lowest BCUT2D eigenvalue weighted by Crippen LogP contribution is -2.65. The molecule has 3 rings (SSSR count). The zero-order valence-corrected chi connectivity index (χ0v) is 13.9. The van der Waals surface area contributed by atoms with Crippen molar-refractivity contribution in [3.63, 3.8) is 0 Å². The van der Waals surface area contributed by atoms with Gasteiger partial charge in [-0.2, -0.15) is 5.01 Å². The molecular weight excluding hydrogens is 308 g/mol. The molecule has 2 amide bonds. The lowest BCUT2D eigenvalue weighted by molar-refractivity contribution is -0.128. The van der Waals surface area contributed by atoms with Gasteiger partial charge in [0, 0.05) is 19.2 Å². The van der Waals surface area contributed by atoms with Gasteiger partial charge in [-0.25, -0.2) is 0 Å². The molecule has 1 unspecified atom stereocenters. The van der Waals surface area contributed by atoms with Crippen molar-refractivity contribution < 1.29 is 14.3 Å². The first-order chi connectivity index (χ1) is 11.5. The van der Waals surface area contributed by atoms with E-state index in [1.54, 1.807) is 19.2 Å². The van der Waals surface area contributed by atoms with Crippen molar-refractivity contribution in [2.75, 3.05) is 13.7 Å². The summed E-state index contributed by atoms with van der Waals surface area (Å²) in [6.45, 7) is 2.60. The molecule has 0 fully saturated rings. The van der Waals surface area contributed by atoms with Crippen LogP contribution in [0.5, 0.6) is 5.75 Å². The van der Waals surface area contributed by atoms with Gasteiger partial charge in [-0.15, -0.1) is 0 Å². The van der Waals surface area contributed by atoms with Gasteiger partial charge >= 0.3 is 0 Å². The highest BCUT2D eigenvalue weighted by molar-refractivity contribution is 6.02. The molecular formula is C17H22N4O3. The molecule has 2 aliphatic rings. The highest BCUT2D eigenvalue weighted by atomic mass is 16.5. The molecule has 0 saturated heterocycles. The summed E-state index contributed by atoms with van der Waals surface area (Å²) in [5.74, 6) is -0.457. The second kappa shape index (κ2) is 6.16. The fourth-order valence-corrected chi connectivity index (χ4v) is 3.13. The van der Waals surface area contributed by atoms with Gasteiger partial charge in [0.1, 0.15) is 5.75 Å². The van der Waals surface area contributed by atoms with Crippen LogP contribution in [0, 0.1) is 0 Å². The van der Waals surface area contributed by atoms with Crippen LogP contribution in [0.3, 0.4) is 0 Å². The van der Waals surface area contributed by atoms with Crippen molar-refractivity contribution in [2.24, 2.45) is 5.73 Å². The van der Waals surface area contributed by atoms with Crippen LogP contribution >= 0.6 is 0 Å². The summed E-state index contributed by atoms with van der Waals surface area (Å²) in [7, 11) is 1.68. The highest BCUT2D eigenvalue weighted by Crippen LogP contribution is 2.30. The summed E-state index contributed by atoms with van der Waals surface area (Å²) >= 11 is 0. The van der Waals surface area contributed by atoms with Crippen molar-refractivity contribution in [1.29, 1.82) is 0 Å². The van der Waals surface area contributed by atoms with Crippen LogP contribution in [0.4, 0.5) is 0 Å². The number of amides is 2. The van der Waals surface area contributed by atoms with Crippen molar-refractivity contribution in [3.8, 4) is 5.75 Å². The minimum absolute atomic E-state index is 0.393. The topological polar surface area (TPSA) is 96.7 Å². The van der Waals surface area contributed by atoms with Crippen molar-refractivity contribution in [1.82, 2.24) is 15.8 Å². The van der Waals surface area contributed by atoms with Crippen LogP contribution < -0.4 is 21.2 Å². The van der Waals surface area contributed by atoms with E-state index in [9.17, 15) is 9.59 Å². The summed E-state index contributed by atoms with van der Waals surface area (Å²) < 4.78 is 5.57. The Bertz CT molecular complexity index is 716. The summed E-state index contributed by atoms with van der Waals surface area (Å²) in [5, 5.41) is 4.30. The Labute approximate surface area is 140 Å². The Balaban J connectivity index is 1.91. The summed E-state index contributed by atoms with van der Waals surface area (Å²) in [6.07, 6.45) is 4.13. The third-order valence-electron chi connectivity index (χ3n) is 4.38. The van der Waals surface area contributed by atoms with E-state index in [-0.39, 0.29) is 0 Å². The number of allylic oxidation sites excluding steroid dienone is 1. The second-order valence-electron chi connectivity index (χ2n) is 6.07. The number of hydrogen-bond acceptors (Lipinski definition) is 5. The number of hydrazine groups is 1. The predicted molar refractivity (Wildman–Crippen MR) is 88.9 cm³/mol. The van der Waals surface area contributed by atoms with Crippen LogP contribution in [-0.4, -0.2) is 36.1 Å². The maximum absolute atomic E-state index is 12.8. The van der Waals surface area contributed by atoms with E-state index in [4.69, 9.17) is 10.5 Å². The van der Waals surface area contributed by atoms with Crippen LogP contribution in [-0.2, 0) is 11.2 Å². The van der Waals surface area contributed by atoms with E-state index >= 15 is 0 Å². The molecule has 24 heavy (non-hydrogen) atoms. The summed E-state index contributed by atoms with van der Waals surface area (Å²) in [5.41, 5.74) is 9.56. The van der Waals surface area contributed by atoms with E-state index in [1.807, 2.05) is 19.1 Å². The Hall–Kier alpha value is -2.54. The van der Waals surface area contributed by atoms with E-state index in [1.165, 1.54) is 5.01 Å². The Kier molecular flexibility index (Phi) is 4.19. The molecule has 1 aromatic carbocycles. The first kappa shape index (κ1) is 16.3. The molecule has 7 nitrogen and oxygen atoms in total. The molecule has 0 bridgehead atoms. The lowest BCUT2D eigenvalue weighted by Gasteiger charge is -2.32. The van der Waals surface area contributed by atoms with Gasteiger partial charge in [0.15, 0.2) is 0 Å². The Morgan fingerprint density at radius 2 is 2.25 bits per heavy atom. The van der Waals surface area contributed by atoms with E-state index in [0.717, 1.165) is 30.5 Å². The largest absolute Gasteiger partial charge is 0.492 e. The van der Waals surface area contributed by atoms with E-state index in [2.05, 4.69) is 10.7 Å². The summed E-state index contributed by atoms with van der Waals surface area (Å²) in [4.78, 5) is 24.9. The standard InChI is InChI=1S/C17H22N4O3/c1-3-5-12-10-17(16(18)23,21(2)20-12)19-15(22)13-7-4-6-11-8-9-24-14(11)13/h4,6-7,10,20H,3,5,8-9H2,1-2H3,(H2,18,23)(H,19,22). The van der Waals surface area contributed by atoms with Crippen LogP contribution in [0.15, 0.2) is 30.0 Å². The number of nitrogens with two attached hydrogens (primary N) is 1. The normalized spacial score (nSPS) is 22.3. The number of ether oxygens (including phenoxy) is 1. The van der Waals surface area contributed by atoms with Gasteiger partial charge in [-0.05, 0) is 24.1 Å². The Morgan fingerprint density at radius 1 is 1.46 bits per heavy atom. The smallest absolute Gasteiger partial charge is 0.264 e. The fraction of sp³-hybridized carbons (Fsp3) is 0.412. The van der Waals surface area contributed by atoms with Gasteiger partial charge in [0.25, 0.3) is 11.8 Å². The van der Waals surface area contributed by atoms with E-state index in [0.29, 0.717) is 17.9 Å². The second-order valence-corrected chi connectivity index (χ2v) is 6.07. The zero-order valence-electron chi connectivity index (χ0n) is 13.9. The number of rotatable bonds is 5. The molecule has 4 N–H and O–H groups in total. The zero-order chi connectivity index (χ0) is 17.3. The molecule has 1 atom stereocenters. The number of carbonyl (C=O) groups is 2. The van der Waals surface area contributed by atoms with E-state index < -0.39 is 17.5 Å². The number of likely N-dealkylation sites (N-methyl/N-ethyl adjacent to an activating group) is 1. The fourth-order valence-electron chi connectivity index (χ4n) is 3.13. The number of carbonyl (C=O) groups excluding carboxylic acids is 2. The SMILES string of the molecule is CCCC1=CC(NC(=O)c2cccc3c2OCC3)(C(N)=O)N(C)N1. The van der Waals surface area contributed by atoms with Crippen LogP contribution in [0.25, 0.3) is 0 Å². The molecule has 0 aromatic heterocycles. The number of primary amides is 1. The minimum atomic E-state index is -1.40. The number of nitrogens with one attached hydrogen (secondary N) is 2. The molecule has 0 aliphatic carbocycles. The van der Waals surface area contributed by atoms with Gasteiger partial charge in [-0.3, -0.25) is 9.59 Å². The number of fused-ring (bicyclic) bond motifs is 1. The molecule has 2 aliphatic heterocycles. The molecule has 128 valence electrons. The number of nitrogens with zero attached hydrogens (tertiary/aromatic N) is 1. The number of benzene rings is 1. The maximum atomic E-state index is 12.8. The first-order valence-corrected chi connectivity index (χ1v) is 8.07. The molecule has 0 saturated carbocycles. The molecule has 0 spiro atoms. The van der Waals surface area contributed by atoms with Crippen molar-refractivity contribution in [2.45, 2.75) is 31.8 Å². The van der Waals surface area contributed by atoms with Gasteiger partial charge in [0.05, 0.1) is 12.2 Å². The predicted octanol–water partition coefficient (Wildman–Crippen LogP) is 0.667. The third-order valence-corrected chi connectivity index (χ3v) is 4.38. The van der Waals surface area contributed by atoms with Gasteiger partial charge in [0.2, 0.25) is 5.66 Å². The van der Waals surface area contributed by atoms with Gasteiger partial charge in [-0.1, -0.05) is 25.5 Å². The molecule has 1 aromatic rings. The number of para-hydroxylation sites is 1. The molecule has 0 radical (unpaired) electrons. The monoisotopic (exact) mass is 330 g/mol. The van der Waals surface area contributed by atoms with Crippen molar-refractivity contribution >= 4 is 11.8 Å². The summed E-state index contributed by atoms with van der Waals surface area (Å²) in [6, 6.07) is 5.44. The van der Waals surface area contributed by atoms with Crippen LogP contribution in [0.1, 0.15) is 35.7 Å². The minimum Gasteiger partial charge on any atom is -0.492 e. The maximum Gasteiger partial charge on any atom is 0.264 e. The van der Waals surface area contributed by atoms with Crippen LogP contribution in [0.2, 0.25) is 0 Å². The van der Waals surface area contributed by atoms with Crippen molar-refractivity contribution in [3.05, 3.63) is 41.1 Å². The van der Waals surface area contributed by atoms with Gasteiger partial charge < -0.3 is 21.2 Å².